The summed E-state index contributed by atoms with van der Waals surface area (Å²) < 4.78 is 10.6. The van der Waals surface area contributed by atoms with Gasteiger partial charge in [-0.1, -0.05) is 6.07 Å². The van der Waals surface area contributed by atoms with Gasteiger partial charge < -0.3 is 19.9 Å². The number of hydrogen-bond donors (Lipinski definition) is 2. The fourth-order valence-electron chi connectivity index (χ4n) is 1.87. The van der Waals surface area contributed by atoms with Gasteiger partial charge in [-0.3, -0.25) is 4.79 Å². The lowest BCUT2D eigenvalue weighted by molar-refractivity contribution is -0.117. The zero-order chi connectivity index (χ0) is 15.1. The molecule has 1 aromatic rings. The van der Waals surface area contributed by atoms with Crippen molar-refractivity contribution in [1.29, 1.82) is 0 Å². The van der Waals surface area contributed by atoms with Crippen LogP contribution in [-0.4, -0.2) is 30.7 Å². The van der Waals surface area contributed by atoms with Crippen LogP contribution in [0.5, 0.6) is 11.5 Å². The lowest BCUT2D eigenvalue weighted by atomic mass is 10.0. The van der Waals surface area contributed by atoms with Crippen LogP contribution in [0.2, 0.25) is 0 Å². The van der Waals surface area contributed by atoms with E-state index in [2.05, 4.69) is 5.32 Å². The molecule has 0 aliphatic rings. The third-order valence-electron chi connectivity index (χ3n) is 2.68. The molecule has 0 heterocycles. The van der Waals surface area contributed by atoms with E-state index >= 15 is 0 Å². The Hall–Kier alpha value is -2.24. The molecule has 0 aliphatic carbocycles. The SMILES string of the molecule is CCOc1cc(C(CC(C)=O)NC(=O)O)ccc1OC. The number of carboxylic acid groups (broad SMARTS) is 1. The van der Waals surface area contributed by atoms with Gasteiger partial charge >= 0.3 is 6.09 Å². The molecule has 1 rings (SSSR count). The van der Waals surface area contributed by atoms with Crippen molar-refractivity contribution < 1.29 is 24.2 Å². The maximum atomic E-state index is 11.3. The molecular formula is C14H19NO5. The van der Waals surface area contributed by atoms with E-state index in [-0.39, 0.29) is 12.2 Å². The summed E-state index contributed by atoms with van der Waals surface area (Å²) >= 11 is 0. The van der Waals surface area contributed by atoms with Crippen LogP contribution in [0.1, 0.15) is 31.9 Å². The van der Waals surface area contributed by atoms with Crippen LogP contribution in [0, 0.1) is 0 Å². The largest absolute Gasteiger partial charge is 0.493 e. The van der Waals surface area contributed by atoms with Gasteiger partial charge in [-0.05, 0) is 31.5 Å². The highest BCUT2D eigenvalue weighted by Crippen LogP contribution is 2.31. The Labute approximate surface area is 117 Å². The minimum atomic E-state index is -1.18. The fraction of sp³-hybridized carbons (Fsp3) is 0.429. The molecule has 1 amide bonds. The van der Waals surface area contributed by atoms with Crippen LogP contribution in [0.15, 0.2) is 18.2 Å². The molecule has 1 aromatic carbocycles. The van der Waals surface area contributed by atoms with Gasteiger partial charge in [0.05, 0.1) is 19.8 Å². The van der Waals surface area contributed by atoms with E-state index in [1.165, 1.54) is 14.0 Å². The minimum Gasteiger partial charge on any atom is -0.493 e. The van der Waals surface area contributed by atoms with E-state index in [9.17, 15) is 9.59 Å². The quantitative estimate of drug-likeness (QED) is 0.801. The summed E-state index contributed by atoms with van der Waals surface area (Å²) in [6.45, 7) is 3.72. The number of hydrogen-bond acceptors (Lipinski definition) is 4. The lowest BCUT2D eigenvalue weighted by Gasteiger charge is -2.18. The first-order valence-electron chi connectivity index (χ1n) is 6.27. The molecule has 0 aromatic heterocycles. The van der Waals surface area contributed by atoms with E-state index in [1.54, 1.807) is 18.2 Å². The maximum Gasteiger partial charge on any atom is 0.405 e. The number of nitrogens with one attached hydrogen (secondary N) is 1. The number of ketones is 1. The minimum absolute atomic E-state index is 0.0875. The van der Waals surface area contributed by atoms with Gasteiger partial charge in [-0.2, -0.15) is 0 Å². The third kappa shape index (κ3) is 4.46. The maximum absolute atomic E-state index is 11.3. The van der Waals surface area contributed by atoms with Crippen LogP contribution in [0.25, 0.3) is 0 Å². The van der Waals surface area contributed by atoms with Crippen molar-refractivity contribution in [3.63, 3.8) is 0 Å². The average Bonchev–Trinajstić information content (AvgIpc) is 2.37. The van der Waals surface area contributed by atoms with Gasteiger partial charge in [0.1, 0.15) is 5.78 Å². The van der Waals surface area contributed by atoms with Crippen LogP contribution in [-0.2, 0) is 4.79 Å². The molecule has 2 N–H and O–H groups in total. The summed E-state index contributed by atoms with van der Waals surface area (Å²) in [5, 5.41) is 11.2. The normalized spacial score (nSPS) is 11.6. The number of methoxy groups -OCH3 is 1. The molecular weight excluding hydrogens is 262 g/mol. The highest BCUT2D eigenvalue weighted by Gasteiger charge is 2.18. The molecule has 0 fully saturated rings. The van der Waals surface area contributed by atoms with Gasteiger partial charge in [0.15, 0.2) is 11.5 Å². The number of ether oxygens (including phenoxy) is 2. The summed E-state index contributed by atoms with van der Waals surface area (Å²) in [7, 11) is 1.53. The Balaban J connectivity index is 3.08. The number of amides is 1. The molecule has 0 aliphatic heterocycles. The van der Waals surface area contributed by atoms with Crippen molar-refractivity contribution in [2.24, 2.45) is 0 Å². The van der Waals surface area contributed by atoms with E-state index in [0.717, 1.165) is 0 Å². The Morgan fingerprint density at radius 1 is 1.35 bits per heavy atom. The first-order valence-corrected chi connectivity index (χ1v) is 6.27. The zero-order valence-corrected chi connectivity index (χ0v) is 11.8. The smallest absolute Gasteiger partial charge is 0.405 e. The first kappa shape index (κ1) is 15.8. The molecule has 6 nitrogen and oxygen atoms in total. The van der Waals surface area contributed by atoms with Crippen molar-refractivity contribution in [3.05, 3.63) is 23.8 Å². The van der Waals surface area contributed by atoms with E-state index < -0.39 is 12.1 Å². The van der Waals surface area contributed by atoms with Crippen molar-refractivity contribution in [3.8, 4) is 11.5 Å². The van der Waals surface area contributed by atoms with Crippen LogP contribution >= 0.6 is 0 Å². The van der Waals surface area contributed by atoms with Gasteiger partial charge in [0.25, 0.3) is 0 Å². The summed E-state index contributed by atoms with van der Waals surface area (Å²) in [4.78, 5) is 22.1. The molecule has 0 spiro atoms. The molecule has 0 saturated heterocycles. The van der Waals surface area contributed by atoms with Gasteiger partial charge in [0.2, 0.25) is 0 Å². The number of Topliss-reactive ketones (excluding diaryl/α,β-unsaturated/α-hetero) is 1. The Morgan fingerprint density at radius 2 is 2.05 bits per heavy atom. The summed E-state index contributed by atoms with van der Waals surface area (Å²) in [6, 6.07) is 4.49. The molecule has 0 saturated carbocycles. The first-order chi connectivity index (χ1) is 9.47. The molecule has 110 valence electrons. The van der Waals surface area contributed by atoms with E-state index in [0.29, 0.717) is 23.7 Å². The van der Waals surface area contributed by atoms with Crippen LogP contribution in [0.4, 0.5) is 4.79 Å². The average molecular weight is 281 g/mol. The highest BCUT2D eigenvalue weighted by molar-refractivity contribution is 5.77. The molecule has 6 heteroatoms. The predicted octanol–water partition coefficient (Wildman–Crippen LogP) is 2.38. The number of rotatable bonds is 7. The highest BCUT2D eigenvalue weighted by atomic mass is 16.5. The molecule has 0 radical (unpaired) electrons. The lowest BCUT2D eigenvalue weighted by Crippen LogP contribution is -2.28. The van der Waals surface area contributed by atoms with Gasteiger partial charge in [-0.15, -0.1) is 0 Å². The van der Waals surface area contributed by atoms with E-state index in [4.69, 9.17) is 14.6 Å². The van der Waals surface area contributed by atoms with Crippen LogP contribution in [0.3, 0.4) is 0 Å². The number of carbonyl (C=O) groups is 2. The topological polar surface area (TPSA) is 84.9 Å². The molecule has 20 heavy (non-hydrogen) atoms. The standard InChI is InChI=1S/C14H19NO5/c1-4-20-13-8-10(5-6-12(13)19-3)11(7-9(2)16)15-14(17)18/h5-6,8,11,15H,4,7H2,1-3H3,(H,17,18). The Morgan fingerprint density at radius 3 is 2.55 bits per heavy atom. The van der Waals surface area contributed by atoms with Crippen molar-refractivity contribution in [2.45, 2.75) is 26.3 Å². The molecule has 1 atom stereocenters. The van der Waals surface area contributed by atoms with Crippen molar-refractivity contribution in [2.75, 3.05) is 13.7 Å². The van der Waals surface area contributed by atoms with Gasteiger partial charge in [-0.25, -0.2) is 4.79 Å². The predicted molar refractivity (Wildman–Crippen MR) is 73.4 cm³/mol. The second-order valence-electron chi connectivity index (χ2n) is 4.25. The summed E-state index contributed by atoms with van der Waals surface area (Å²) in [5.74, 6) is 0.985. The Bertz CT molecular complexity index is 470. The third-order valence-corrected chi connectivity index (χ3v) is 2.68. The molecule has 1 unspecified atom stereocenters. The monoisotopic (exact) mass is 281 g/mol. The van der Waals surface area contributed by atoms with E-state index in [1.807, 2.05) is 6.92 Å². The second-order valence-corrected chi connectivity index (χ2v) is 4.25. The van der Waals surface area contributed by atoms with Gasteiger partial charge in [0, 0.05) is 6.42 Å². The zero-order valence-electron chi connectivity index (χ0n) is 11.8. The van der Waals surface area contributed by atoms with Crippen molar-refractivity contribution in [1.82, 2.24) is 5.32 Å². The Kier molecular flexibility index (Phi) is 5.83. The van der Waals surface area contributed by atoms with Crippen LogP contribution < -0.4 is 14.8 Å². The number of benzene rings is 1. The van der Waals surface area contributed by atoms with Crippen molar-refractivity contribution >= 4 is 11.9 Å². The molecule has 0 bridgehead atoms. The summed E-state index contributed by atoms with van der Waals surface area (Å²) in [5.41, 5.74) is 0.659. The summed E-state index contributed by atoms with van der Waals surface area (Å²) in [6.07, 6.45) is -1.09. The second kappa shape index (κ2) is 7.37. The number of carbonyl (C=O) groups excluding carboxylic acids is 1. The fourth-order valence-corrected chi connectivity index (χ4v) is 1.87.